The van der Waals surface area contributed by atoms with E-state index >= 15 is 0 Å². The minimum Gasteiger partial charge on any atom is -0.472 e. The lowest BCUT2D eigenvalue weighted by Gasteiger charge is -2.12. The number of rotatable bonds is 4. The number of aliphatic hydroxyl groups is 1. The van der Waals surface area contributed by atoms with Gasteiger partial charge in [-0.25, -0.2) is 4.79 Å². The van der Waals surface area contributed by atoms with Crippen LogP contribution in [0.15, 0.2) is 41.2 Å². The quantitative estimate of drug-likeness (QED) is 0.802. The minimum atomic E-state index is -0.778. The molecule has 0 saturated heterocycles. The summed E-state index contributed by atoms with van der Waals surface area (Å²) >= 11 is 0. The van der Waals surface area contributed by atoms with Crippen LogP contribution in [0.3, 0.4) is 0 Å². The molecule has 1 aromatic carbocycles. The molecule has 0 spiro atoms. The number of hydrogen-bond donors (Lipinski definition) is 3. The van der Waals surface area contributed by atoms with E-state index in [4.69, 9.17) is 4.42 Å². The van der Waals surface area contributed by atoms with Crippen LogP contribution >= 0.6 is 0 Å². The minimum absolute atomic E-state index is 0.121. The molecule has 2 aromatic rings. The Morgan fingerprint density at radius 3 is 2.75 bits per heavy atom. The second-order valence-corrected chi connectivity index (χ2v) is 4.71. The average molecular weight is 274 g/mol. The zero-order valence-electron chi connectivity index (χ0n) is 11.5. The summed E-state index contributed by atoms with van der Waals surface area (Å²) in [5.41, 5.74) is 3.65. The molecule has 3 N–H and O–H groups in total. The first-order chi connectivity index (χ1) is 9.56. The molecule has 0 aliphatic heterocycles. The molecule has 0 saturated carbocycles. The molecule has 5 nitrogen and oxygen atoms in total. The third-order valence-electron chi connectivity index (χ3n) is 3.15. The predicted octanol–water partition coefficient (Wildman–Crippen LogP) is 2.75. The monoisotopic (exact) mass is 274 g/mol. The van der Waals surface area contributed by atoms with Crippen molar-refractivity contribution in [2.75, 3.05) is 11.9 Å². The van der Waals surface area contributed by atoms with Gasteiger partial charge in [0.25, 0.3) is 0 Å². The molecular formula is C15H18N2O3. The largest absolute Gasteiger partial charge is 0.472 e. The van der Waals surface area contributed by atoms with Gasteiger partial charge in [-0.1, -0.05) is 6.07 Å². The van der Waals surface area contributed by atoms with Crippen LogP contribution in [0.5, 0.6) is 0 Å². The summed E-state index contributed by atoms with van der Waals surface area (Å²) in [6, 6.07) is 7.00. The molecule has 0 radical (unpaired) electrons. The van der Waals surface area contributed by atoms with Crippen LogP contribution in [-0.2, 0) is 0 Å². The Morgan fingerprint density at radius 1 is 1.30 bits per heavy atom. The Balaban J connectivity index is 1.85. The second kappa shape index (κ2) is 6.25. The van der Waals surface area contributed by atoms with Gasteiger partial charge in [0.05, 0.1) is 18.6 Å². The summed E-state index contributed by atoms with van der Waals surface area (Å²) in [7, 11) is 0. The average Bonchev–Trinajstić information content (AvgIpc) is 2.94. The molecule has 106 valence electrons. The second-order valence-electron chi connectivity index (χ2n) is 4.71. The van der Waals surface area contributed by atoms with E-state index in [0.29, 0.717) is 5.56 Å². The number of carbonyl (C=O) groups is 1. The standard InChI is InChI=1S/C15H18N2O3/c1-10-3-4-13(7-11(10)2)17-15(19)16-8-14(18)12-5-6-20-9-12/h3-7,9,14,18H,8H2,1-2H3,(H2,16,17,19). The van der Waals surface area contributed by atoms with Crippen molar-refractivity contribution >= 4 is 11.7 Å². The van der Waals surface area contributed by atoms with Gasteiger partial charge in [-0.15, -0.1) is 0 Å². The van der Waals surface area contributed by atoms with Crippen LogP contribution in [0.4, 0.5) is 10.5 Å². The van der Waals surface area contributed by atoms with Gasteiger partial charge in [-0.05, 0) is 43.2 Å². The van der Waals surface area contributed by atoms with E-state index in [0.717, 1.165) is 11.3 Å². The van der Waals surface area contributed by atoms with E-state index in [1.54, 1.807) is 6.07 Å². The maximum atomic E-state index is 11.7. The lowest BCUT2D eigenvalue weighted by atomic mass is 10.1. The van der Waals surface area contributed by atoms with Crippen LogP contribution in [-0.4, -0.2) is 17.7 Å². The van der Waals surface area contributed by atoms with Gasteiger partial charge >= 0.3 is 6.03 Å². The molecule has 0 bridgehead atoms. The lowest BCUT2D eigenvalue weighted by molar-refractivity contribution is 0.174. The molecule has 1 atom stereocenters. The Kier molecular flexibility index (Phi) is 4.42. The highest BCUT2D eigenvalue weighted by Crippen LogP contribution is 2.14. The van der Waals surface area contributed by atoms with E-state index in [-0.39, 0.29) is 12.6 Å². The number of urea groups is 1. The summed E-state index contributed by atoms with van der Waals surface area (Å²) in [5, 5.41) is 15.1. The van der Waals surface area contributed by atoms with Gasteiger partial charge in [0.15, 0.2) is 0 Å². The molecule has 5 heteroatoms. The lowest BCUT2D eigenvalue weighted by Crippen LogP contribution is -2.32. The number of carbonyl (C=O) groups excluding carboxylic acids is 1. The third-order valence-corrected chi connectivity index (χ3v) is 3.15. The van der Waals surface area contributed by atoms with E-state index in [2.05, 4.69) is 10.6 Å². The number of amides is 2. The fourth-order valence-electron chi connectivity index (χ4n) is 1.77. The molecule has 0 aliphatic rings. The summed E-state index contributed by atoms with van der Waals surface area (Å²) in [6.45, 7) is 4.12. The molecule has 1 heterocycles. The van der Waals surface area contributed by atoms with E-state index < -0.39 is 6.10 Å². The SMILES string of the molecule is Cc1ccc(NC(=O)NCC(O)c2ccoc2)cc1C. The fraction of sp³-hybridized carbons (Fsp3) is 0.267. The number of nitrogens with one attached hydrogen (secondary N) is 2. The normalized spacial score (nSPS) is 11.9. The number of hydrogen-bond acceptors (Lipinski definition) is 3. The smallest absolute Gasteiger partial charge is 0.319 e. The first-order valence-corrected chi connectivity index (χ1v) is 6.38. The van der Waals surface area contributed by atoms with E-state index in [1.165, 1.54) is 18.1 Å². The molecule has 20 heavy (non-hydrogen) atoms. The van der Waals surface area contributed by atoms with Gasteiger partial charge < -0.3 is 20.2 Å². The molecule has 0 fully saturated rings. The summed E-state index contributed by atoms with van der Waals surface area (Å²) in [4.78, 5) is 11.7. The molecule has 0 aliphatic carbocycles. The van der Waals surface area contributed by atoms with Gasteiger partial charge in [0, 0.05) is 17.8 Å². The van der Waals surface area contributed by atoms with E-state index in [9.17, 15) is 9.90 Å². The Bertz CT molecular complexity index is 579. The molecule has 1 unspecified atom stereocenters. The first-order valence-electron chi connectivity index (χ1n) is 6.38. The maximum absolute atomic E-state index is 11.7. The van der Waals surface area contributed by atoms with E-state index in [1.807, 2.05) is 32.0 Å². The van der Waals surface area contributed by atoms with Gasteiger partial charge in [0.2, 0.25) is 0 Å². The van der Waals surface area contributed by atoms with Gasteiger partial charge in [-0.2, -0.15) is 0 Å². The molecular weight excluding hydrogens is 256 g/mol. The van der Waals surface area contributed by atoms with Crippen molar-refractivity contribution in [1.82, 2.24) is 5.32 Å². The highest BCUT2D eigenvalue weighted by molar-refractivity contribution is 5.89. The number of aryl methyl sites for hydroxylation is 2. The number of aliphatic hydroxyl groups excluding tert-OH is 1. The van der Waals surface area contributed by atoms with Crippen molar-refractivity contribution in [3.05, 3.63) is 53.5 Å². The number of anilines is 1. The zero-order valence-corrected chi connectivity index (χ0v) is 11.5. The van der Waals surface area contributed by atoms with Crippen molar-refractivity contribution in [1.29, 1.82) is 0 Å². The van der Waals surface area contributed by atoms with Crippen molar-refractivity contribution < 1.29 is 14.3 Å². The Labute approximate surface area is 117 Å². The van der Waals surface area contributed by atoms with Crippen molar-refractivity contribution in [2.24, 2.45) is 0 Å². The zero-order chi connectivity index (χ0) is 14.5. The summed E-state index contributed by atoms with van der Waals surface area (Å²) in [6.07, 6.45) is 2.15. The molecule has 2 amide bonds. The van der Waals surface area contributed by atoms with Crippen molar-refractivity contribution in [3.63, 3.8) is 0 Å². The van der Waals surface area contributed by atoms with Crippen molar-refractivity contribution in [2.45, 2.75) is 20.0 Å². The highest BCUT2D eigenvalue weighted by Gasteiger charge is 2.10. The molecule has 1 aromatic heterocycles. The fourth-order valence-corrected chi connectivity index (χ4v) is 1.77. The Morgan fingerprint density at radius 2 is 2.10 bits per heavy atom. The topological polar surface area (TPSA) is 74.5 Å². The van der Waals surface area contributed by atoms with Gasteiger partial charge in [0.1, 0.15) is 0 Å². The third kappa shape index (κ3) is 3.61. The van der Waals surface area contributed by atoms with Crippen LogP contribution in [0.25, 0.3) is 0 Å². The first kappa shape index (κ1) is 14.1. The van der Waals surface area contributed by atoms with Crippen LogP contribution in [0.1, 0.15) is 22.8 Å². The summed E-state index contributed by atoms with van der Waals surface area (Å²) < 4.78 is 4.87. The van der Waals surface area contributed by atoms with Crippen molar-refractivity contribution in [3.8, 4) is 0 Å². The number of furan rings is 1. The molecule has 2 rings (SSSR count). The maximum Gasteiger partial charge on any atom is 0.319 e. The summed E-state index contributed by atoms with van der Waals surface area (Å²) in [5.74, 6) is 0. The highest BCUT2D eigenvalue weighted by atomic mass is 16.3. The predicted molar refractivity (Wildman–Crippen MR) is 76.6 cm³/mol. The van der Waals surface area contributed by atoms with Crippen LogP contribution < -0.4 is 10.6 Å². The van der Waals surface area contributed by atoms with Crippen LogP contribution in [0, 0.1) is 13.8 Å². The Hall–Kier alpha value is -2.27. The number of benzene rings is 1. The van der Waals surface area contributed by atoms with Crippen LogP contribution in [0.2, 0.25) is 0 Å². The van der Waals surface area contributed by atoms with Gasteiger partial charge in [-0.3, -0.25) is 0 Å².